The summed E-state index contributed by atoms with van der Waals surface area (Å²) < 4.78 is 19.3. The van der Waals surface area contributed by atoms with Crippen molar-refractivity contribution in [3.05, 3.63) is 193 Å². The average Bonchev–Trinajstić information content (AvgIpc) is 1.66. The van der Waals surface area contributed by atoms with Gasteiger partial charge in [0.1, 0.15) is 22.8 Å². The summed E-state index contributed by atoms with van der Waals surface area (Å²) in [5.74, 6) is -2.46. The van der Waals surface area contributed by atoms with Crippen LogP contribution in [0.15, 0.2) is 147 Å². The molecule has 2 unspecified atom stereocenters. The molecule has 12 aromatic heterocycles. The molecular formula is C84H99N31O9. The number of aryl methyl sites for hydroxylation is 4. The first kappa shape index (κ1) is 84.9. The lowest BCUT2D eigenvalue weighted by molar-refractivity contribution is 0.0660. The maximum Gasteiger partial charge on any atom is 0.274 e. The predicted molar refractivity (Wildman–Crippen MR) is 457 cm³/mol. The van der Waals surface area contributed by atoms with Gasteiger partial charge in [-0.05, 0) is 120 Å². The number of fused-ring (bicyclic) bond motifs is 26. The minimum atomic E-state index is -0.412. The van der Waals surface area contributed by atoms with Crippen LogP contribution in [0.5, 0.6) is 0 Å². The van der Waals surface area contributed by atoms with Crippen molar-refractivity contribution in [3.63, 3.8) is 0 Å². The van der Waals surface area contributed by atoms with Gasteiger partial charge in [0.05, 0.1) is 96.0 Å². The topological polar surface area (TPSA) is 446 Å². The number of pyridine rings is 4. The molecule has 0 aliphatic carbocycles. The molecule has 124 heavy (non-hydrogen) atoms. The van der Waals surface area contributed by atoms with E-state index in [1.54, 1.807) is 124 Å². The Morgan fingerprint density at radius 1 is 0.331 bits per heavy atom. The van der Waals surface area contributed by atoms with Crippen molar-refractivity contribution in [1.82, 2.24) is 134 Å². The molecule has 2 atom stereocenters. The van der Waals surface area contributed by atoms with Crippen LogP contribution in [0, 0.1) is 5.92 Å². The first-order valence-electron chi connectivity index (χ1n) is 41.5. The van der Waals surface area contributed by atoms with Gasteiger partial charge >= 0.3 is 0 Å². The lowest BCUT2D eigenvalue weighted by atomic mass is 10.1. The number of amides is 8. The Kier molecular flexibility index (Phi) is 27.1. The summed E-state index contributed by atoms with van der Waals surface area (Å²) in [6, 6.07) is 21.2. The van der Waals surface area contributed by atoms with Crippen LogP contribution in [0.1, 0.15) is 141 Å². The Morgan fingerprint density at radius 3 is 1.15 bits per heavy atom. The summed E-state index contributed by atoms with van der Waals surface area (Å²) in [5.41, 5.74) is 9.28. The van der Waals surface area contributed by atoms with E-state index in [1.165, 1.54) is 14.0 Å². The largest absolute Gasteiger partial charge is 0.381 e. The van der Waals surface area contributed by atoms with E-state index in [0.29, 0.717) is 104 Å². The molecule has 40 heteroatoms. The van der Waals surface area contributed by atoms with Gasteiger partial charge in [0.25, 0.3) is 47.3 Å². The molecule has 644 valence electrons. The number of carbonyl (C=O) groups is 8. The summed E-state index contributed by atoms with van der Waals surface area (Å²) in [5, 5.41) is 57.7. The summed E-state index contributed by atoms with van der Waals surface area (Å²) in [6.07, 6.45) is 28.8. The molecule has 2 fully saturated rings. The van der Waals surface area contributed by atoms with Crippen molar-refractivity contribution in [1.29, 1.82) is 0 Å². The second-order valence-corrected chi connectivity index (χ2v) is 31.1. The highest BCUT2D eigenvalue weighted by Crippen LogP contribution is 2.29. The molecule has 0 saturated carbocycles. The number of hydrogen-bond acceptors (Lipinski definition) is 24. The molecule has 0 radical (unpaired) electrons. The van der Waals surface area contributed by atoms with Gasteiger partial charge < -0.3 is 62.0 Å². The zero-order valence-corrected chi connectivity index (χ0v) is 69.6. The molecular weight excluding hydrogens is 1590 g/mol. The normalized spacial score (nSPS) is 18.1. The van der Waals surface area contributed by atoms with E-state index in [4.69, 9.17) is 4.74 Å². The molecule has 0 aromatic carbocycles. The van der Waals surface area contributed by atoms with E-state index in [-0.39, 0.29) is 75.2 Å². The predicted octanol–water partition coefficient (Wildman–Crippen LogP) is 5.65. The van der Waals surface area contributed by atoms with Gasteiger partial charge in [-0.25, -0.2) is 19.9 Å². The maximum atomic E-state index is 13.1. The van der Waals surface area contributed by atoms with E-state index in [1.807, 2.05) is 81.9 Å². The Morgan fingerprint density at radius 2 is 0.702 bits per heavy atom. The quantitative estimate of drug-likeness (QED) is 0.0984. The summed E-state index contributed by atoms with van der Waals surface area (Å²) in [6.45, 7) is 12.4. The first-order chi connectivity index (χ1) is 60.2. The third-order valence-corrected chi connectivity index (χ3v) is 21.6. The Balaban J connectivity index is 0.000000128. The highest BCUT2D eigenvalue weighted by atomic mass is 16.5. The van der Waals surface area contributed by atoms with Gasteiger partial charge in [-0.2, -0.15) is 40.8 Å². The van der Waals surface area contributed by atoms with E-state index < -0.39 is 23.6 Å². The monoisotopic (exact) mass is 1690 g/mol. The van der Waals surface area contributed by atoms with Crippen molar-refractivity contribution in [2.75, 3.05) is 121 Å². The Hall–Kier alpha value is -14.1. The van der Waals surface area contributed by atoms with Crippen LogP contribution in [-0.2, 0) is 52.1 Å². The van der Waals surface area contributed by atoms with Gasteiger partial charge in [-0.1, -0.05) is 37.1 Å². The fourth-order valence-electron chi connectivity index (χ4n) is 14.9. The summed E-state index contributed by atoms with van der Waals surface area (Å²) in [4.78, 5) is 127. The fraction of sp³-hybridized carbons (Fsp3) is 0.381. The molecule has 12 aromatic rings. The standard InChI is InChI=1S/C24H29N7O3.C21H24N8O2.C20H24N8O2.C19H22N8O2/c32-23-20-7-5-6-19(27-20)17-14-26-30(15-17)11-4-2-1-3-10-25-24(33)22-21(28-23)16-31(29-22)18-8-12-34-13-9-18;1-27-13-18-19(26-27)21(31)22-9-14-5-6-28(11-14)7-8-29-12-15(10-23-29)16-3-2-4-17(24-16)20(30)25-18;1-26-8-4-7-21-20(30)18-17(13-27(2)25-18)24-19(29)16-6-3-5-15(23-16)14-11-22-28(12-14)10-9-26;1-25-7-6-20-19(29)17-16(12-26(2)24-17)23-18(28)15-5-3-4-14(22-15)13-10-21-27(11-13)9-8-25/h5-7,14-16,18H,1-4,8-13H2,(H,25,33)(H,28,32);2-4,10,12-14H,5-9,11H2,1H3,(H,22,31)(H,25,30);3,5-6,11-13H,4,7-10H2,1-2H3,(H,21,30)(H,24,29);3-5,10-12H,6-9H2,1-2H3,(H,20,29)(H,23,28). The van der Waals surface area contributed by atoms with Crippen LogP contribution < -0.4 is 42.5 Å². The van der Waals surface area contributed by atoms with Gasteiger partial charge in [-0.15, -0.1) is 0 Å². The average molecular weight is 1690 g/mol. The number of rotatable bonds is 1. The molecule has 0 spiro atoms. The van der Waals surface area contributed by atoms with Crippen molar-refractivity contribution in [2.45, 2.75) is 83.6 Å². The van der Waals surface area contributed by atoms with Gasteiger partial charge in [0.15, 0.2) is 22.8 Å². The number of likely N-dealkylation sites (N-methyl/N-ethyl adjacent to an activating group) is 2. The number of hydrogen-bond donors (Lipinski definition) is 8. The number of carbonyl (C=O) groups excluding carboxylic acids is 8. The molecule has 6 aliphatic rings. The second kappa shape index (κ2) is 39.6. The van der Waals surface area contributed by atoms with E-state index in [9.17, 15) is 38.4 Å². The second-order valence-electron chi connectivity index (χ2n) is 31.1. The zero-order valence-electron chi connectivity index (χ0n) is 69.6. The van der Waals surface area contributed by atoms with Crippen molar-refractivity contribution in [3.8, 4) is 45.0 Å². The molecule has 6 aliphatic heterocycles. The number of nitrogens with zero attached hydrogens (tertiary/aromatic N) is 23. The number of ether oxygens (including phenoxy) is 1. The highest BCUT2D eigenvalue weighted by molar-refractivity contribution is 6.10. The van der Waals surface area contributed by atoms with Gasteiger partial charge in [-0.3, -0.25) is 75.8 Å². The van der Waals surface area contributed by atoms with Crippen molar-refractivity contribution >= 4 is 70.0 Å². The summed E-state index contributed by atoms with van der Waals surface area (Å²) >= 11 is 0. The van der Waals surface area contributed by atoms with E-state index >= 15 is 0 Å². The lowest BCUT2D eigenvalue weighted by Gasteiger charge is -2.22. The molecule has 18 heterocycles. The van der Waals surface area contributed by atoms with Crippen LogP contribution in [0.25, 0.3) is 45.0 Å². The minimum absolute atomic E-state index is 0.130. The number of aromatic nitrogens is 20. The molecule has 18 rings (SSSR count). The molecule has 8 N–H and O–H groups in total. The zero-order chi connectivity index (χ0) is 86.2. The highest BCUT2D eigenvalue weighted by Gasteiger charge is 2.30. The fourth-order valence-corrected chi connectivity index (χ4v) is 14.9. The van der Waals surface area contributed by atoms with Crippen molar-refractivity contribution < 1.29 is 43.1 Å². The third kappa shape index (κ3) is 21.8. The van der Waals surface area contributed by atoms with Gasteiger partial charge in [0.2, 0.25) is 0 Å². The lowest BCUT2D eigenvalue weighted by Crippen LogP contribution is -2.35. The van der Waals surface area contributed by atoms with Crippen LogP contribution in [0.3, 0.4) is 0 Å². The Bertz CT molecular complexity index is 5820. The number of anilines is 4. The van der Waals surface area contributed by atoms with Crippen LogP contribution in [-0.4, -0.2) is 259 Å². The first-order valence-corrected chi connectivity index (χ1v) is 41.5. The number of nitrogens with one attached hydrogen (secondary N) is 8. The SMILES string of the molecule is CN1CCCNC(=O)c2nn(C)cc2NC(=O)c2cccc(n2)-c2cnn(c2)CC1.CN1CCNC(=O)c2nn(C)cc2NC(=O)c2cccc(n2)-c2cnn(c2)CC1.Cn1cc2c(n1)C(=O)NCC1CCN(CCn3cc(cn3)-c3cccc(n3)C(=O)N2)C1.O=C1Nc2cn(C3CCOCC3)nc2C(=O)NCCCCCCn2cc(cn2)-c2cccc1n2. The van der Waals surface area contributed by atoms with Crippen LogP contribution in [0.2, 0.25) is 0 Å². The minimum Gasteiger partial charge on any atom is -0.381 e. The third-order valence-electron chi connectivity index (χ3n) is 21.6. The van der Waals surface area contributed by atoms with Gasteiger partial charge in [0, 0.05) is 172 Å². The van der Waals surface area contributed by atoms with Crippen molar-refractivity contribution in [2.24, 2.45) is 27.1 Å². The van der Waals surface area contributed by atoms with E-state index in [2.05, 4.69) is 118 Å². The van der Waals surface area contributed by atoms with E-state index in [0.717, 1.165) is 133 Å². The molecule has 18 bridgehead atoms. The molecule has 40 nitrogen and oxygen atoms in total. The molecule has 8 amide bonds. The molecule has 2 saturated heterocycles. The van der Waals surface area contributed by atoms with Crippen LogP contribution in [0.4, 0.5) is 22.7 Å². The smallest absolute Gasteiger partial charge is 0.274 e. The Labute approximate surface area is 712 Å². The summed E-state index contributed by atoms with van der Waals surface area (Å²) in [7, 11) is 9.15. The van der Waals surface area contributed by atoms with Crippen LogP contribution >= 0.6 is 0 Å². The maximum absolute atomic E-state index is 13.1.